The van der Waals surface area contributed by atoms with Crippen LogP contribution < -0.4 is 0 Å². The van der Waals surface area contributed by atoms with Crippen LogP contribution in [0.15, 0.2) is 54.6 Å². The van der Waals surface area contributed by atoms with Gasteiger partial charge in [0.2, 0.25) is 0 Å². The molecule has 102 valence electrons. The molecule has 0 saturated heterocycles. The van der Waals surface area contributed by atoms with Crippen molar-refractivity contribution >= 4 is 16.7 Å². The number of carbonyl (C=O) groups is 1. The van der Waals surface area contributed by atoms with Gasteiger partial charge in [0.15, 0.2) is 5.78 Å². The molecule has 0 amide bonds. The van der Waals surface area contributed by atoms with Crippen molar-refractivity contribution in [3.8, 4) is 0 Å². The Hall–Kier alpha value is -2.48. The van der Waals surface area contributed by atoms with E-state index < -0.39 is 0 Å². The second kappa shape index (κ2) is 4.52. The molecule has 0 saturated carbocycles. The van der Waals surface area contributed by atoms with Gasteiger partial charge in [0.05, 0.1) is 5.52 Å². The Morgan fingerprint density at radius 1 is 1.00 bits per heavy atom. The highest BCUT2D eigenvalue weighted by atomic mass is 16.1. The summed E-state index contributed by atoms with van der Waals surface area (Å²) in [5.41, 5.74) is 5.04. The predicted octanol–water partition coefficient (Wildman–Crippen LogP) is 4.26. The zero-order chi connectivity index (χ0) is 14.4. The maximum Gasteiger partial charge on any atom is 0.165 e. The lowest BCUT2D eigenvalue weighted by atomic mass is 9.90. The van der Waals surface area contributed by atoms with Crippen LogP contribution in [0, 0.1) is 6.92 Å². The third-order valence-electron chi connectivity index (χ3n) is 4.33. The average Bonchev–Trinajstić information content (AvgIpc) is 2.87. The van der Waals surface area contributed by atoms with Gasteiger partial charge < -0.3 is 0 Å². The van der Waals surface area contributed by atoms with Crippen molar-refractivity contribution < 1.29 is 4.79 Å². The zero-order valence-corrected chi connectivity index (χ0v) is 11.8. The number of fused-ring (bicyclic) bond motifs is 3. The van der Waals surface area contributed by atoms with Crippen molar-refractivity contribution in [2.45, 2.75) is 19.3 Å². The molecule has 1 aliphatic carbocycles. The Kier molecular flexibility index (Phi) is 2.64. The number of aryl methyl sites for hydroxylation is 1. The van der Waals surface area contributed by atoms with E-state index in [2.05, 4.69) is 23.2 Å². The predicted molar refractivity (Wildman–Crippen MR) is 83.7 cm³/mol. The molecule has 0 fully saturated rings. The first-order valence-electron chi connectivity index (χ1n) is 7.23. The van der Waals surface area contributed by atoms with Crippen LogP contribution in [0.1, 0.15) is 39.5 Å². The van der Waals surface area contributed by atoms with Gasteiger partial charge in [-0.05, 0) is 24.1 Å². The number of benzene rings is 2. The topological polar surface area (TPSA) is 30.0 Å². The van der Waals surface area contributed by atoms with Gasteiger partial charge >= 0.3 is 0 Å². The van der Waals surface area contributed by atoms with Gasteiger partial charge in [-0.15, -0.1) is 0 Å². The Bertz CT molecular complexity index is 852. The molecule has 1 atom stereocenters. The fraction of sp³-hybridized carbons (Fsp3) is 0.158. The Morgan fingerprint density at radius 3 is 2.52 bits per heavy atom. The van der Waals surface area contributed by atoms with Crippen LogP contribution in [0.3, 0.4) is 0 Å². The van der Waals surface area contributed by atoms with E-state index in [9.17, 15) is 4.79 Å². The summed E-state index contributed by atoms with van der Waals surface area (Å²) in [6.07, 6.45) is 0.551. The summed E-state index contributed by atoms with van der Waals surface area (Å²) in [6.45, 7) is 1.94. The van der Waals surface area contributed by atoms with E-state index in [4.69, 9.17) is 0 Å². The fourth-order valence-corrected chi connectivity index (χ4v) is 3.44. The third kappa shape index (κ3) is 1.79. The molecule has 0 N–H and O–H groups in total. The number of ketones is 1. The fourth-order valence-electron chi connectivity index (χ4n) is 3.44. The van der Waals surface area contributed by atoms with Crippen molar-refractivity contribution in [2.75, 3.05) is 0 Å². The first kappa shape index (κ1) is 12.3. The van der Waals surface area contributed by atoms with Crippen molar-refractivity contribution in [3.63, 3.8) is 0 Å². The number of hydrogen-bond donors (Lipinski definition) is 0. The van der Waals surface area contributed by atoms with E-state index >= 15 is 0 Å². The summed E-state index contributed by atoms with van der Waals surface area (Å²) in [5.74, 6) is 0.370. The summed E-state index contributed by atoms with van der Waals surface area (Å²) in [7, 11) is 0. The first-order chi connectivity index (χ1) is 10.3. The molecule has 1 heterocycles. The number of aromatic nitrogens is 1. The molecule has 21 heavy (non-hydrogen) atoms. The van der Waals surface area contributed by atoms with E-state index in [1.165, 1.54) is 5.56 Å². The van der Waals surface area contributed by atoms with Crippen molar-refractivity contribution in [1.29, 1.82) is 0 Å². The molecule has 2 heteroatoms. The van der Waals surface area contributed by atoms with Crippen molar-refractivity contribution in [2.24, 2.45) is 0 Å². The number of hydrogen-bond acceptors (Lipinski definition) is 2. The lowest BCUT2D eigenvalue weighted by Crippen LogP contribution is -2.00. The van der Waals surface area contributed by atoms with Crippen LogP contribution in [0.2, 0.25) is 0 Å². The molecular formula is C19H15NO. The van der Waals surface area contributed by atoms with Crippen molar-refractivity contribution in [1.82, 2.24) is 4.98 Å². The van der Waals surface area contributed by atoms with Crippen LogP contribution in [0.25, 0.3) is 10.9 Å². The highest BCUT2D eigenvalue weighted by Gasteiger charge is 2.34. The minimum Gasteiger partial charge on any atom is -0.294 e. The van der Waals surface area contributed by atoms with Crippen LogP contribution in [0.5, 0.6) is 0 Å². The number of rotatable bonds is 1. The quantitative estimate of drug-likeness (QED) is 0.663. The second-order valence-electron chi connectivity index (χ2n) is 5.59. The molecule has 0 aliphatic heterocycles. The van der Waals surface area contributed by atoms with Crippen LogP contribution in [-0.2, 0) is 0 Å². The Labute approximate surface area is 123 Å². The van der Waals surface area contributed by atoms with E-state index in [0.29, 0.717) is 6.42 Å². The number of para-hydroxylation sites is 1. The molecule has 1 aliphatic rings. The molecule has 3 aromatic rings. The standard InChI is InChI=1S/C19H15NO/c1-12-18-17(21)11-15(13-7-3-2-4-8-13)19(18)14-9-5-6-10-16(14)20-12/h2-10,15H,11H2,1H3. The van der Waals surface area contributed by atoms with E-state index in [1.54, 1.807) is 0 Å². The molecule has 1 unspecified atom stereocenters. The number of carbonyl (C=O) groups excluding carboxylic acids is 1. The molecular weight excluding hydrogens is 258 g/mol. The number of nitrogens with zero attached hydrogens (tertiary/aromatic N) is 1. The Balaban J connectivity index is 2.06. The number of pyridine rings is 1. The summed E-state index contributed by atoms with van der Waals surface area (Å²) < 4.78 is 0. The summed E-state index contributed by atoms with van der Waals surface area (Å²) >= 11 is 0. The molecule has 0 radical (unpaired) electrons. The van der Waals surface area contributed by atoms with E-state index in [-0.39, 0.29) is 11.7 Å². The van der Waals surface area contributed by atoms with Gasteiger partial charge in [-0.1, -0.05) is 48.5 Å². The molecule has 1 aromatic heterocycles. The molecule has 4 rings (SSSR count). The highest BCUT2D eigenvalue weighted by Crippen LogP contribution is 2.42. The van der Waals surface area contributed by atoms with Gasteiger partial charge in [0, 0.05) is 29.0 Å². The third-order valence-corrected chi connectivity index (χ3v) is 4.33. The highest BCUT2D eigenvalue weighted by molar-refractivity contribution is 6.07. The smallest absolute Gasteiger partial charge is 0.165 e. The number of Topliss-reactive ketones (excluding diaryl/α,β-unsaturated/α-hetero) is 1. The van der Waals surface area contributed by atoms with Crippen LogP contribution >= 0.6 is 0 Å². The van der Waals surface area contributed by atoms with Crippen LogP contribution in [0.4, 0.5) is 0 Å². The zero-order valence-electron chi connectivity index (χ0n) is 11.8. The summed E-state index contributed by atoms with van der Waals surface area (Å²) in [4.78, 5) is 17.1. The second-order valence-corrected chi connectivity index (χ2v) is 5.59. The average molecular weight is 273 g/mol. The van der Waals surface area contributed by atoms with Gasteiger partial charge in [-0.3, -0.25) is 9.78 Å². The molecule has 0 bridgehead atoms. The maximum absolute atomic E-state index is 12.5. The molecule has 0 spiro atoms. The van der Waals surface area contributed by atoms with Crippen molar-refractivity contribution in [3.05, 3.63) is 77.0 Å². The molecule has 2 nitrogen and oxygen atoms in total. The summed E-state index contributed by atoms with van der Waals surface area (Å²) in [6, 6.07) is 18.4. The van der Waals surface area contributed by atoms with Gasteiger partial charge in [0.1, 0.15) is 0 Å². The Morgan fingerprint density at radius 2 is 1.71 bits per heavy atom. The minimum atomic E-state index is 0.153. The van der Waals surface area contributed by atoms with E-state index in [1.807, 2.05) is 43.3 Å². The maximum atomic E-state index is 12.5. The first-order valence-corrected chi connectivity index (χ1v) is 7.23. The summed E-state index contributed by atoms with van der Waals surface area (Å²) in [5, 5.41) is 1.11. The lowest BCUT2D eigenvalue weighted by Gasteiger charge is -2.14. The van der Waals surface area contributed by atoms with E-state index in [0.717, 1.165) is 27.7 Å². The van der Waals surface area contributed by atoms with Gasteiger partial charge in [0.25, 0.3) is 0 Å². The normalized spacial score (nSPS) is 17.2. The van der Waals surface area contributed by atoms with Gasteiger partial charge in [-0.2, -0.15) is 0 Å². The van der Waals surface area contributed by atoms with Crippen LogP contribution in [-0.4, -0.2) is 10.8 Å². The minimum absolute atomic E-state index is 0.153. The van der Waals surface area contributed by atoms with Gasteiger partial charge in [-0.25, -0.2) is 0 Å². The SMILES string of the molecule is Cc1nc2ccccc2c2c1C(=O)CC2c1ccccc1. The monoisotopic (exact) mass is 273 g/mol. The molecule has 2 aromatic carbocycles. The lowest BCUT2D eigenvalue weighted by molar-refractivity contribution is 0.0990. The largest absolute Gasteiger partial charge is 0.294 e.